The summed E-state index contributed by atoms with van der Waals surface area (Å²) < 4.78 is 10.4. The minimum Gasteiger partial charge on any atom is -0.497 e. The summed E-state index contributed by atoms with van der Waals surface area (Å²) in [7, 11) is 3.12. The number of amides is 1. The van der Waals surface area contributed by atoms with Crippen molar-refractivity contribution in [3.63, 3.8) is 0 Å². The van der Waals surface area contributed by atoms with E-state index in [0.717, 1.165) is 10.9 Å². The Morgan fingerprint density at radius 1 is 0.957 bits per heavy atom. The third-order valence-electron chi connectivity index (χ3n) is 3.44. The molecule has 1 N–H and O–H groups in total. The van der Waals surface area contributed by atoms with E-state index in [1.165, 1.54) is 0 Å². The Morgan fingerprint density at radius 3 is 2.35 bits per heavy atom. The van der Waals surface area contributed by atoms with Crippen LogP contribution in [0.2, 0.25) is 0 Å². The number of hydrogen-bond donors (Lipinski definition) is 1. The topological polar surface area (TPSA) is 60.5 Å². The van der Waals surface area contributed by atoms with Gasteiger partial charge in [0.25, 0.3) is 5.91 Å². The van der Waals surface area contributed by atoms with Gasteiger partial charge >= 0.3 is 0 Å². The molecule has 1 aromatic heterocycles. The number of pyridine rings is 1. The van der Waals surface area contributed by atoms with Crippen LogP contribution in [0.3, 0.4) is 0 Å². The summed E-state index contributed by atoms with van der Waals surface area (Å²) >= 11 is 0. The number of carbonyl (C=O) groups excluding carboxylic acids is 1. The average molecular weight is 308 g/mol. The molecule has 0 unspecified atom stereocenters. The summed E-state index contributed by atoms with van der Waals surface area (Å²) in [6.45, 7) is 0. The van der Waals surface area contributed by atoms with E-state index < -0.39 is 0 Å². The molecule has 0 spiro atoms. The van der Waals surface area contributed by atoms with Gasteiger partial charge in [0, 0.05) is 29.3 Å². The largest absolute Gasteiger partial charge is 0.497 e. The maximum atomic E-state index is 12.4. The van der Waals surface area contributed by atoms with Gasteiger partial charge in [-0.05, 0) is 12.1 Å². The Bertz CT molecular complexity index is 840. The SMILES string of the molecule is COc1cc(NC(=O)c2ccc3ccccc3n2)cc(OC)c1. The lowest BCUT2D eigenvalue weighted by Gasteiger charge is -2.10. The number of nitrogens with one attached hydrogen (secondary N) is 1. The highest BCUT2D eigenvalue weighted by atomic mass is 16.5. The fraction of sp³-hybridized carbons (Fsp3) is 0.111. The summed E-state index contributed by atoms with van der Waals surface area (Å²) in [6.07, 6.45) is 0. The van der Waals surface area contributed by atoms with Gasteiger partial charge in [-0.2, -0.15) is 0 Å². The van der Waals surface area contributed by atoms with Crippen LogP contribution in [-0.4, -0.2) is 25.1 Å². The Balaban J connectivity index is 1.88. The van der Waals surface area contributed by atoms with Gasteiger partial charge in [0.05, 0.1) is 19.7 Å². The van der Waals surface area contributed by atoms with Gasteiger partial charge < -0.3 is 14.8 Å². The van der Waals surface area contributed by atoms with E-state index in [9.17, 15) is 4.79 Å². The van der Waals surface area contributed by atoms with Gasteiger partial charge in [0.15, 0.2) is 0 Å². The molecule has 0 aliphatic rings. The van der Waals surface area contributed by atoms with Crippen molar-refractivity contribution in [1.82, 2.24) is 4.98 Å². The van der Waals surface area contributed by atoms with Gasteiger partial charge in [-0.1, -0.05) is 24.3 Å². The highest BCUT2D eigenvalue weighted by Crippen LogP contribution is 2.26. The van der Waals surface area contributed by atoms with Crippen molar-refractivity contribution in [3.8, 4) is 11.5 Å². The summed E-state index contributed by atoms with van der Waals surface area (Å²) in [5, 5.41) is 3.80. The quantitative estimate of drug-likeness (QED) is 0.801. The summed E-state index contributed by atoms with van der Waals surface area (Å²) in [5.74, 6) is 0.920. The Morgan fingerprint density at radius 2 is 1.65 bits per heavy atom. The molecule has 0 aliphatic carbocycles. The number of para-hydroxylation sites is 1. The van der Waals surface area contributed by atoms with Gasteiger partial charge in [-0.15, -0.1) is 0 Å². The average Bonchev–Trinajstić information content (AvgIpc) is 2.60. The van der Waals surface area contributed by atoms with Crippen LogP contribution in [0.5, 0.6) is 11.5 Å². The van der Waals surface area contributed by atoms with Crippen molar-refractivity contribution in [2.45, 2.75) is 0 Å². The van der Waals surface area contributed by atoms with E-state index in [2.05, 4.69) is 10.3 Å². The number of carbonyl (C=O) groups is 1. The lowest BCUT2D eigenvalue weighted by Crippen LogP contribution is -2.13. The minimum absolute atomic E-state index is 0.286. The zero-order chi connectivity index (χ0) is 16.2. The molecule has 0 saturated heterocycles. The van der Waals surface area contributed by atoms with Gasteiger partial charge in [0.2, 0.25) is 0 Å². The summed E-state index contributed by atoms with van der Waals surface area (Å²) in [6, 6.07) is 16.4. The van der Waals surface area contributed by atoms with Crippen LogP contribution in [0.4, 0.5) is 5.69 Å². The molecule has 0 fully saturated rings. The lowest BCUT2D eigenvalue weighted by atomic mass is 10.2. The Labute approximate surface area is 133 Å². The highest BCUT2D eigenvalue weighted by Gasteiger charge is 2.10. The minimum atomic E-state index is -0.286. The number of nitrogens with zero attached hydrogens (tertiary/aromatic N) is 1. The molecule has 116 valence electrons. The smallest absolute Gasteiger partial charge is 0.274 e. The molecule has 5 heteroatoms. The Kier molecular flexibility index (Phi) is 4.10. The zero-order valence-corrected chi connectivity index (χ0v) is 12.9. The van der Waals surface area contributed by atoms with E-state index in [1.54, 1.807) is 38.5 Å². The molecule has 0 saturated carbocycles. The third-order valence-corrected chi connectivity index (χ3v) is 3.44. The normalized spacial score (nSPS) is 10.3. The second-order valence-corrected chi connectivity index (χ2v) is 4.94. The first-order valence-corrected chi connectivity index (χ1v) is 7.10. The fourth-order valence-corrected chi connectivity index (χ4v) is 2.27. The number of methoxy groups -OCH3 is 2. The number of benzene rings is 2. The Hall–Kier alpha value is -3.08. The van der Waals surface area contributed by atoms with E-state index in [4.69, 9.17) is 9.47 Å². The van der Waals surface area contributed by atoms with Gasteiger partial charge in [-0.25, -0.2) is 4.98 Å². The molecule has 2 aromatic carbocycles. The molecule has 3 rings (SSSR count). The third kappa shape index (κ3) is 3.23. The molecular weight excluding hydrogens is 292 g/mol. The van der Waals surface area contributed by atoms with Crippen LogP contribution < -0.4 is 14.8 Å². The summed E-state index contributed by atoms with van der Waals surface area (Å²) in [4.78, 5) is 16.8. The van der Waals surface area contributed by atoms with Crippen LogP contribution >= 0.6 is 0 Å². The lowest BCUT2D eigenvalue weighted by molar-refractivity contribution is 0.102. The first-order chi connectivity index (χ1) is 11.2. The molecule has 1 heterocycles. The number of aromatic nitrogens is 1. The number of ether oxygens (including phenoxy) is 2. The van der Waals surface area contributed by atoms with Crippen molar-refractivity contribution in [2.24, 2.45) is 0 Å². The molecule has 0 aliphatic heterocycles. The first kappa shape index (κ1) is 14.8. The van der Waals surface area contributed by atoms with Crippen LogP contribution in [0.25, 0.3) is 10.9 Å². The maximum Gasteiger partial charge on any atom is 0.274 e. The first-order valence-electron chi connectivity index (χ1n) is 7.10. The number of hydrogen-bond acceptors (Lipinski definition) is 4. The van der Waals surface area contributed by atoms with E-state index in [0.29, 0.717) is 22.9 Å². The molecule has 0 bridgehead atoms. The van der Waals surface area contributed by atoms with Crippen LogP contribution in [0.15, 0.2) is 54.6 Å². The van der Waals surface area contributed by atoms with Crippen molar-refractivity contribution >= 4 is 22.5 Å². The predicted molar refractivity (Wildman–Crippen MR) is 89.2 cm³/mol. The standard InChI is InChI=1S/C18H16N2O3/c1-22-14-9-13(10-15(11-14)23-2)19-18(21)17-8-7-12-5-3-4-6-16(12)20-17/h3-11H,1-2H3,(H,19,21). The van der Waals surface area contributed by atoms with Gasteiger partial charge in [-0.3, -0.25) is 4.79 Å². The number of rotatable bonds is 4. The maximum absolute atomic E-state index is 12.4. The molecular formula is C18H16N2O3. The predicted octanol–water partition coefficient (Wildman–Crippen LogP) is 3.50. The number of anilines is 1. The van der Waals surface area contributed by atoms with Crippen LogP contribution in [-0.2, 0) is 0 Å². The molecule has 3 aromatic rings. The van der Waals surface area contributed by atoms with Crippen molar-refractivity contribution < 1.29 is 14.3 Å². The van der Waals surface area contributed by atoms with E-state index >= 15 is 0 Å². The zero-order valence-electron chi connectivity index (χ0n) is 12.9. The van der Waals surface area contributed by atoms with Crippen molar-refractivity contribution in [1.29, 1.82) is 0 Å². The highest BCUT2D eigenvalue weighted by molar-refractivity contribution is 6.04. The second kappa shape index (κ2) is 6.36. The van der Waals surface area contributed by atoms with Crippen molar-refractivity contribution in [3.05, 3.63) is 60.3 Å². The van der Waals surface area contributed by atoms with Gasteiger partial charge in [0.1, 0.15) is 17.2 Å². The van der Waals surface area contributed by atoms with E-state index in [1.807, 2.05) is 30.3 Å². The van der Waals surface area contributed by atoms with E-state index in [-0.39, 0.29) is 5.91 Å². The monoisotopic (exact) mass is 308 g/mol. The van der Waals surface area contributed by atoms with Crippen LogP contribution in [0.1, 0.15) is 10.5 Å². The fourth-order valence-electron chi connectivity index (χ4n) is 2.27. The second-order valence-electron chi connectivity index (χ2n) is 4.94. The molecule has 23 heavy (non-hydrogen) atoms. The molecule has 0 radical (unpaired) electrons. The molecule has 0 atom stereocenters. The molecule has 5 nitrogen and oxygen atoms in total. The molecule has 1 amide bonds. The van der Waals surface area contributed by atoms with Crippen LogP contribution in [0, 0.1) is 0 Å². The van der Waals surface area contributed by atoms with Crippen molar-refractivity contribution in [2.75, 3.05) is 19.5 Å². The summed E-state index contributed by atoms with van der Waals surface area (Å²) in [5.41, 5.74) is 1.72. The number of fused-ring (bicyclic) bond motifs is 1.